The van der Waals surface area contributed by atoms with Crippen LogP contribution in [0, 0.1) is 0 Å². The fourth-order valence-corrected chi connectivity index (χ4v) is 3.20. The molecule has 1 saturated heterocycles. The first-order chi connectivity index (χ1) is 11.6. The number of unbranched alkanes of at least 4 members (excludes halogenated alkanes) is 3. The summed E-state index contributed by atoms with van der Waals surface area (Å²) < 4.78 is 0. The smallest absolute Gasteiger partial charge is 0.249 e. The average Bonchev–Trinajstić information content (AvgIpc) is 2.61. The van der Waals surface area contributed by atoms with Crippen molar-refractivity contribution in [2.75, 3.05) is 25.0 Å². The zero-order chi connectivity index (χ0) is 17.4. The number of carbonyl (C=O) groups is 2. The van der Waals surface area contributed by atoms with Crippen molar-refractivity contribution in [3.63, 3.8) is 0 Å². The van der Waals surface area contributed by atoms with Crippen LogP contribution in [0.4, 0.5) is 5.69 Å². The van der Waals surface area contributed by atoms with Crippen molar-refractivity contribution in [3.8, 4) is 0 Å². The molecular formula is C19H30ClN3O2. The molecule has 1 atom stereocenters. The Balaban J connectivity index is 0.00000312. The van der Waals surface area contributed by atoms with Crippen molar-refractivity contribution in [2.45, 2.75) is 51.0 Å². The number of hydrogen-bond acceptors (Lipinski definition) is 3. The molecule has 0 aliphatic carbocycles. The summed E-state index contributed by atoms with van der Waals surface area (Å²) in [6, 6.07) is 9.36. The quantitative estimate of drug-likeness (QED) is 0.718. The summed E-state index contributed by atoms with van der Waals surface area (Å²) in [6.45, 7) is 1.43. The van der Waals surface area contributed by atoms with Crippen LogP contribution in [-0.2, 0) is 9.59 Å². The van der Waals surface area contributed by atoms with Crippen LogP contribution in [0.25, 0.3) is 0 Å². The fraction of sp³-hybridized carbons (Fsp3) is 0.579. The number of para-hydroxylation sites is 1. The Hall–Kier alpha value is -1.59. The molecule has 0 aromatic heterocycles. The molecule has 1 aliphatic rings. The number of piperidine rings is 1. The molecule has 2 N–H and O–H groups in total. The second-order valence-electron chi connectivity index (χ2n) is 6.44. The summed E-state index contributed by atoms with van der Waals surface area (Å²) in [5.74, 6) is 0.0995. The predicted molar refractivity (Wildman–Crippen MR) is 104 cm³/mol. The summed E-state index contributed by atoms with van der Waals surface area (Å²) in [6.07, 6.45) is 6.14. The normalized spacial score (nSPS) is 17.1. The van der Waals surface area contributed by atoms with Crippen molar-refractivity contribution in [1.82, 2.24) is 4.90 Å². The molecule has 0 saturated carbocycles. The highest BCUT2D eigenvalue weighted by Crippen LogP contribution is 2.23. The van der Waals surface area contributed by atoms with Crippen molar-refractivity contribution >= 4 is 29.9 Å². The Bertz CT molecular complexity index is 539. The van der Waals surface area contributed by atoms with E-state index in [-0.39, 0.29) is 30.3 Å². The highest BCUT2D eigenvalue weighted by Gasteiger charge is 2.34. The van der Waals surface area contributed by atoms with E-state index in [1.165, 1.54) is 0 Å². The summed E-state index contributed by atoms with van der Waals surface area (Å²) in [5, 5.41) is 0. The summed E-state index contributed by atoms with van der Waals surface area (Å²) in [7, 11) is 1.76. The number of amides is 2. The second kappa shape index (κ2) is 11.1. The van der Waals surface area contributed by atoms with E-state index in [0.717, 1.165) is 50.8 Å². The van der Waals surface area contributed by atoms with Gasteiger partial charge in [0.15, 0.2) is 0 Å². The molecule has 0 radical (unpaired) electrons. The maximum absolute atomic E-state index is 12.8. The highest BCUT2D eigenvalue weighted by atomic mass is 35.5. The van der Waals surface area contributed by atoms with Gasteiger partial charge >= 0.3 is 0 Å². The third-order valence-electron chi connectivity index (χ3n) is 4.68. The Morgan fingerprint density at radius 3 is 2.56 bits per heavy atom. The minimum absolute atomic E-state index is 0. The van der Waals surface area contributed by atoms with Crippen LogP contribution in [0.1, 0.15) is 44.9 Å². The number of anilines is 1. The number of rotatable bonds is 8. The van der Waals surface area contributed by atoms with E-state index in [1.54, 1.807) is 16.8 Å². The van der Waals surface area contributed by atoms with Crippen LogP contribution >= 0.6 is 12.4 Å². The van der Waals surface area contributed by atoms with Gasteiger partial charge in [0.2, 0.25) is 11.8 Å². The van der Waals surface area contributed by atoms with Gasteiger partial charge in [0.1, 0.15) is 6.04 Å². The van der Waals surface area contributed by atoms with Gasteiger partial charge in [-0.1, -0.05) is 31.0 Å². The maximum atomic E-state index is 12.8. The van der Waals surface area contributed by atoms with Gasteiger partial charge in [-0.25, -0.2) is 0 Å². The number of nitrogens with two attached hydrogens (primary N) is 1. The van der Waals surface area contributed by atoms with Crippen LogP contribution in [0.5, 0.6) is 0 Å². The van der Waals surface area contributed by atoms with Crippen molar-refractivity contribution < 1.29 is 9.59 Å². The van der Waals surface area contributed by atoms with Gasteiger partial charge in [0.25, 0.3) is 0 Å². The first-order valence-corrected chi connectivity index (χ1v) is 8.97. The number of carbonyl (C=O) groups excluding carboxylic acids is 2. The van der Waals surface area contributed by atoms with Gasteiger partial charge in [0, 0.05) is 25.7 Å². The SMILES string of the molecule is CN(C(=O)CCCCCCN)C1CCCN(c2ccccc2)C1=O.Cl. The van der Waals surface area contributed by atoms with Crippen molar-refractivity contribution in [2.24, 2.45) is 5.73 Å². The molecule has 2 rings (SSSR count). The Kier molecular flexibility index (Phi) is 9.53. The highest BCUT2D eigenvalue weighted by molar-refractivity contribution is 5.99. The number of hydrogen-bond donors (Lipinski definition) is 1. The molecule has 25 heavy (non-hydrogen) atoms. The van der Waals surface area contributed by atoms with E-state index in [0.29, 0.717) is 13.0 Å². The minimum atomic E-state index is -0.338. The van der Waals surface area contributed by atoms with Gasteiger partial charge in [-0.15, -0.1) is 12.4 Å². The number of benzene rings is 1. The van der Waals surface area contributed by atoms with Crippen LogP contribution < -0.4 is 10.6 Å². The molecule has 1 heterocycles. The molecule has 0 bridgehead atoms. The Labute approximate surface area is 157 Å². The second-order valence-corrected chi connectivity index (χ2v) is 6.44. The standard InChI is InChI=1S/C19H29N3O2.ClH/c1-21(18(23)13-7-2-3-8-14-20)17-12-9-15-22(19(17)24)16-10-5-4-6-11-16;/h4-6,10-11,17H,2-3,7-9,12-15,20H2,1H3;1H. The number of halogens is 1. The Morgan fingerprint density at radius 2 is 1.88 bits per heavy atom. The van der Waals surface area contributed by atoms with E-state index in [9.17, 15) is 9.59 Å². The van der Waals surface area contributed by atoms with E-state index in [1.807, 2.05) is 30.3 Å². The summed E-state index contributed by atoms with van der Waals surface area (Å²) in [4.78, 5) is 28.7. The molecule has 1 aromatic carbocycles. The molecule has 1 unspecified atom stereocenters. The van der Waals surface area contributed by atoms with Crippen LogP contribution in [0.2, 0.25) is 0 Å². The molecule has 1 fully saturated rings. The van der Waals surface area contributed by atoms with E-state index in [2.05, 4.69) is 0 Å². The lowest BCUT2D eigenvalue weighted by Crippen LogP contribution is -2.53. The van der Waals surface area contributed by atoms with E-state index in [4.69, 9.17) is 5.73 Å². The lowest BCUT2D eigenvalue weighted by molar-refractivity contribution is -0.139. The average molecular weight is 368 g/mol. The predicted octanol–water partition coefficient (Wildman–Crippen LogP) is 2.97. The fourth-order valence-electron chi connectivity index (χ4n) is 3.20. The van der Waals surface area contributed by atoms with E-state index >= 15 is 0 Å². The van der Waals surface area contributed by atoms with Gasteiger partial charge in [-0.3, -0.25) is 9.59 Å². The third kappa shape index (κ3) is 6.01. The van der Waals surface area contributed by atoms with Crippen LogP contribution in [-0.4, -0.2) is 42.9 Å². The van der Waals surface area contributed by atoms with Crippen LogP contribution in [0.15, 0.2) is 30.3 Å². The van der Waals surface area contributed by atoms with Crippen LogP contribution in [0.3, 0.4) is 0 Å². The van der Waals surface area contributed by atoms with Gasteiger partial charge in [0.05, 0.1) is 0 Å². The first kappa shape index (κ1) is 21.5. The molecule has 140 valence electrons. The van der Waals surface area contributed by atoms with Gasteiger partial charge in [-0.2, -0.15) is 0 Å². The number of likely N-dealkylation sites (N-methyl/N-ethyl adjacent to an activating group) is 1. The molecule has 5 nitrogen and oxygen atoms in total. The molecule has 0 spiro atoms. The molecular weight excluding hydrogens is 338 g/mol. The van der Waals surface area contributed by atoms with Gasteiger partial charge < -0.3 is 15.5 Å². The monoisotopic (exact) mass is 367 g/mol. The third-order valence-corrected chi connectivity index (χ3v) is 4.68. The van der Waals surface area contributed by atoms with Crippen molar-refractivity contribution in [3.05, 3.63) is 30.3 Å². The number of nitrogens with zero attached hydrogens (tertiary/aromatic N) is 2. The summed E-state index contributed by atoms with van der Waals surface area (Å²) in [5.41, 5.74) is 6.39. The zero-order valence-electron chi connectivity index (χ0n) is 15.0. The molecule has 2 amide bonds. The minimum Gasteiger partial charge on any atom is -0.334 e. The lowest BCUT2D eigenvalue weighted by atomic mass is 10.0. The lowest BCUT2D eigenvalue weighted by Gasteiger charge is -2.37. The van der Waals surface area contributed by atoms with Gasteiger partial charge in [-0.05, 0) is 44.4 Å². The first-order valence-electron chi connectivity index (χ1n) is 8.97. The zero-order valence-corrected chi connectivity index (χ0v) is 15.8. The topological polar surface area (TPSA) is 66.6 Å². The molecule has 1 aliphatic heterocycles. The van der Waals surface area contributed by atoms with Crippen molar-refractivity contribution in [1.29, 1.82) is 0 Å². The van der Waals surface area contributed by atoms with E-state index < -0.39 is 0 Å². The Morgan fingerprint density at radius 1 is 1.20 bits per heavy atom. The maximum Gasteiger partial charge on any atom is 0.249 e. The largest absolute Gasteiger partial charge is 0.334 e. The molecule has 6 heteroatoms. The molecule has 1 aromatic rings. The summed E-state index contributed by atoms with van der Waals surface area (Å²) >= 11 is 0.